The minimum Gasteiger partial charge on any atom is -0.389 e. The van der Waals surface area contributed by atoms with Gasteiger partial charge in [0.15, 0.2) is 0 Å². The zero-order valence-corrected chi connectivity index (χ0v) is 11.1. The molecule has 2 heteroatoms. The maximum absolute atomic E-state index is 9.91. The van der Waals surface area contributed by atoms with E-state index in [0.717, 1.165) is 24.8 Å². The molecule has 0 spiro atoms. The predicted molar refractivity (Wildman–Crippen MR) is 75.3 cm³/mol. The highest BCUT2D eigenvalue weighted by Crippen LogP contribution is 2.16. The van der Waals surface area contributed by atoms with Crippen LogP contribution in [0.25, 0.3) is 0 Å². The van der Waals surface area contributed by atoms with Crippen LogP contribution in [0.3, 0.4) is 0 Å². The van der Waals surface area contributed by atoms with Crippen molar-refractivity contribution in [3.05, 3.63) is 48.0 Å². The SMILES string of the molecule is CCCCC[C@@H](O)/C=C\C[C@@H](O)c1ccccc1. The maximum Gasteiger partial charge on any atom is 0.0824 e. The molecule has 2 atom stereocenters. The second-order valence-corrected chi connectivity index (χ2v) is 4.65. The van der Waals surface area contributed by atoms with Crippen LogP contribution in [0.15, 0.2) is 42.5 Å². The Kier molecular flexibility index (Phi) is 7.38. The molecule has 100 valence electrons. The number of hydrogen-bond donors (Lipinski definition) is 2. The summed E-state index contributed by atoms with van der Waals surface area (Å²) in [5.41, 5.74) is 0.919. The summed E-state index contributed by atoms with van der Waals surface area (Å²) in [6, 6.07) is 9.60. The Morgan fingerprint density at radius 3 is 2.50 bits per heavy atom. The van der Waals surface area contributed by atoms with Gasteiger partial charge in [-0.15, -0.1) is 0 Å². The Hall–Kier alpha value is -1.12. The third-order valence-corrected chi connectivity index (χ3v) is 3.01. The predicted octanol–water partition coefficient (Wildman–Crippen LogP) is 3.61. The molecular formula is C16H24O2. The molecule has 18 heavy (non-hydrogen) atoms. The molecule has 1 rings (SSSR count). The lowest BCUT2D eigenvalue weighted by Gasteiger charge is -2.08. The maximum atomic E-state index is 9.91. The van der Waals surface area contributed by atoms with E-state index in [0.29, 0.717) is 6.42 Å². The molecular weight excluding hydrogens is 224 g/mol. The van der Waals surface area contributed by atoms with Crippen LogP contribution in [-0.2, 0) is 0 Å². The van der Waals surface area contributed by atoms with Gasteiger partial charge >= 0.3 is 0 Å². The minimum atomic E-state index is -0.481. The molecule has 0 aliphatic heterocycles. The van der Waals surface area contributed by atoms with Crippen LogP contribution in [0, 0.1) is 0 Å². The van der Waals surface area contributed by atoms with E-state index in [1.54, 1.807) is 6.08 Å². The van der Waals surface area contributed by atoms with Crippen LogP contribution in [-0.4, -0.2) is 16.3 Å². The second-order valence-electron chi connectivity index (χ2n) is 4.65. The summed E-state index contributed by atoms with van der Waals surface area (Å²) in [5, 5.41) is 19.6. The van der Waals surface area contributed by atoms with Gasteiger partial charge in [-0.1, -0.05) is 68.7 Å². The van der Waals surface area contributed by atoms with Gasteiger partial charge < -0.3 is 10.2 Å². The Labute approximate surface area is 110 Å². The first-order chi connectivity index (χ1) is 8.74. The van der Waals surface area contributed by atoms with Crippen LogP contribution >= 0.6 is 0 Å². The van der Waals surface area contributed by atoms with Gasteiger partial charge in [-0.2, -0.15) is 0 Å². The lowest BCUT2D eigenvalue weighted by Crippen LogP contribution is -2.02. The van der Waals surface area contributed by atoms with Gasteiger partial charge in [0.2, 0.25) is 0 Å². The Morgan fingerprint density at radius 1 is 1.11 bits per heavy atom. The molecule has 2 N–H and O–H groups in total. The first-order valence-corrected chi connectivity index (χ1v) is 6.81. The van der Waals surface area contributed by atoms with E-state index in [2.05, 4.69) is 6.92 Å². The molecule has 0 heterocycles. The van der Waals surface area contributed by atoms with Crippen LogP contribution in [0.1, 0.15) is 50.7 Å². The topological polar surface area (TPSA) is 40.5 Å². The van der Waals surface area contributed by atoms with Crippen molar-refractivity contribution in [3.63, 3.8) is 0 Å². The first kappa shape index (κ1) is 14.9. The molecule has 0 aliphatic carbocycles. The van der Waals surface area contributed by atoms with Crippen molar-refractivity contribution in [1.29, 1.82) is 0 Å². The Bertz CT molecular complexity index is 332. The highest BCUT2D eigenvalue weighted by molar-refractivity contribution is 5.17. The van der Waals surface area contributed by atoms with E-state index < -0.39 is 6.10 Å². The van der Waals surface area contributed by atoms with Gasteiger partial charge in [0, 0.05) is 0 Å². The van der Waals surface area contributed by atoms with Gasteiger partial charge in [0.05, 0.1) is 12.2 Å². The monoisotopic (exact) mass is 248 g/mol. The average Bonchev–Trinajstić information content (AvgIpc) is 2.40. The molecule has 0 saturated carbocycles. The van der Waals surface area contributed by atoms with Crippen LogP contribution < -0.4 is 0 Å². The van der Waals surface area contributed by atoms with E-state index in [-0.39, 0.29) is 6.10 Å². The van der Waals surface area contributed by atoms with Gasteiger partial charge in [0.1, 0.15) is 0 Å². The number of aliphatic hydroxyl groups excluding tert-OH is 2. The van der Waals surface area contributed by atoms with E-state index in [9.17, 15) is 10.2 Å². The molecule has 0 fully saturated rings. The van der Waals surface area contributed by atoms with E-state index >= 15 is 0 Å². The molecule has 0 aliphatic rings. The molecule has 0 unspecified atom stereocenters. The van der Waals surface area contributed by atoms with Crippen LogP contribution in [0.5, 0.6) is 0 Å². The number of hydrogen-bond acceptors (Lipinski definition) is 2. The number of benzene rings is 1. The quantitative estimate of drug-likeness (QED) is 0.545. The summed E-state index contributed by atoms with van der Waals surface area (Å²) in [5.74, 6) is 0. The Morgan fingerprint density at radius 2 is 1.83 bits per heavy atom. The first-order valence-electron chi connectivity index (χ1n) is 6.81. The molecule has 0 aromatic heterocycles. The lowest BCUT2D eigenvalue weighted by atomic mass is 10.1. The third kappa shape index (κ3) is 5.99. The van der Waals surface area contributed by atoms with Crippen molar-refractivity contribution in [2.24, 2.45) is 0 Å². The fourth-order valence-electron chi connectivity index (χ4n) is 1.88. The van der Waals surface area contributed by atoms with Gasteiger partial charge in [0.25, 0.3) is 0 Å². The molecule has 1 aromatic rings. The molecule has 1 aromatic carbocycles. The van der Waals surface area contributed by atoms with Gasteiger partial charge in [-0.25, -0.2) is 0 Å². The summed E-state index contributed by atoms with van der Waals surface area (Å²) in [6.07, 6.45) is 7.56. The molecule has 2 nitrogen and oxygen atoms in total. The summed E-state index contributed by atoms with van der Waals surface area (Å²) < 4.78 is 0. The second kappa shape index (κ2) is 8.90. The smallest absolute Gasteiger partial charge is 0.0824 e. The molecule has 0 bridgehead atoms. The molecule has 0 radical (unpaired) electrons. The fourth-order valence-corrected chi connectivity index (χ4v) is 1.88. The minimum absolute atomic E-state index is 0.375. The number of aliphatic hydroxyl groups is 2. The largest absolute Gasteiger partial charge is 0.389 e. The van der Waals surface area contributed by atoms with Crippen molar-refractivity contribution >= 4 is 0 Å². The van der Waals surface area contributed by atoms with Crippen molar-refractivity contribution in [2.75, 3.05) is 0 Å². The Balaban J connectivity index is 2.27. The van der Waals surface area contributed by atoms with E-state index in [1.165, 1.54) is 6.42 Å². The molecule has 0 saturated heterocycles. The van der Waals surface area contributed by atoms with Crippen molar-refractivity contribution in [1.82, 2.24) is 0 Å². The summed E-state index contributed by atoms with van der Waals surface area (Å²) >= 11 is 0. The zero-order valence-electron chi connectivity index (χ0n) is 11.1. The molecule has 0 amide bonds. The highest BCUT2D eigenvalue weighted by atomic mass is 16.3. The van der Waals surface area contributed by atoms with E-state index in [4.69, 9.17) is 0 Å². The van der Waals surface area contributed by atoms with Gasteiger partial charge in [-0.3, -0.25) is 0 Å². The number of unbranched alkanes of at least 4 members (excludes halogenated alkanes) is 2. The summed E-state index contributed by atoms with van der Waals surface area (Å²) in [7, 11) is 0. The third-order valence-electron chi connectivity index (χ3n) is 3.01. The number of rotatable bonds is 8. The van der Waals surface area contributed by atoms with E-state index in [1.807, 2.05) is 36.4 Å². The van der Waals surface area contributed by atoms with Crippen LogP contribution in [0.4, 0.5) is 0 Å². The van der Waals surface area contributed by atoms with Gasteiger partial charge in [-0.05, 0) is 18.4 Å². The lowest BCUT2D eigenvalue weighted by molar-refractivity contribution is 0.179. The van der Waals surface area contributed by atoms with Crippen molar-refractivity contribution < 1.29 is 10.2 Å². The fraction of sp³-hybridized carbons (Fsp3) is 0.500. The summed E-state index contributed by atoms with van der Waals surface area (Å²) in [6.45, 7) is 2.15. The summed E-state index contributed by atoms with van der Waals surface area (Å²) in [4.78, 5) is 0. The van der Waals surface area contributed by atoms with Crippen molar-refractivity contribution in [3.8, 4) is 0 Å². The highest BCUT2D eigenvalue weighted by Gasteiger charge is 2.04. The zero-order chi connectivity index (χ0) is 13.2. The standard InChI is InChI=1S/C16H24O2/c1-2-3-5-11-15(17)12-8-13-16(18)14-9-6-4-7-10-14/h4,6-10,12,15-18H,2-3,5,11,13H2,1H3/b12-8-/t15-,16-/m1/s1. The normalized spacial score (nSPS) is 14.8. The van der Waals surface area contributed by atoms with Crippen LogP contribution in [0.2, 0.25) is 0 Å². The van der Waals surface area contributed by atoms with Crippen molar-refractivity contribution in [2.45, 2.75) is 51.2 Å². The average molecular weight is 248 g/mol.